The third kappa shape index (κ3) is 24.3. The van der Waals surface area contributed by atoms with Crippen LogP contribution < -0.4 is 0 Å². The van der Waals surface area contributed by atoms with E-state index in [1.165, 1.54) is 0 Å². The first-order valence-electron chi connectivity index (χ1n) is 2.79. The van der Waals surface area contributed by atoms with Crippen molar-refractivity contribution >= 4 is 16.7 Å². The molecule has 1 atom stereocenters. The van der Waals surface area contributed by atoms with E-state index in [1.54, 1.807) is 0 Å². The normalized spacial score (nSPS) is 10.1. The first kappa shape index (κ1) is 12.8. The Hall–Kier alpha value is 0.120. The third-order valence-corrected chi connectivity index (χ3v) is 1.40. The van der Waals surface area contributed by atoms with Crippen LogP contribution in [0.3, 0.4) is 0 Å². The molecule has 0 aromatic rings. The molecule has 0 bridgehead atoms. The fourth-order valence-corrected chi connectivity index (χ4v) is 0.880. The van der Waals surface area contributed by atoms with E-state index in [0.717, 1.165) is 12.8 Å². The van der Waals surface area contributed by atoms with Crippen LogP contribution >= 0.6 is 16.7 Å². The lowest BCUT2D eigenvalue weighted by molar-refractivity contribution is 0.501. The minimum atomic E-state index is -1.86. The molecular formula is C4H11O4P2+. The van der Waals surface area contributed by atoms with E-state index < -0.39 is 16.7 Å². The van der Waals surface area contributed by atoms with Crippen LogP contribution in [0.5, 0.6) is 0 Å². The zero-order valence-electron chi connectivity index (χ0n) is 5.73. The van der Waals surface area contributed by atoms with Crippen molar-refractivity contribution in [1.29, 1.82) is 0 Å². The Labute approximate surface area is 62.4 Å². The van der Waals surface area contributed by atoms with Gasteiger partial charge in [0.05, 0.1) is 0 Å². The highest BCUT2D eigenvalue weighted by Gasteiger charge is 2.05. The molecule has 0 aromatic carbocycles. The highest BCUT2D eigenvalue weighted by Crippen LogP contribution is 2.13. The molecule has 60 valence electrons. The molecule has 2 N–H and O–H groups in total. The van der Waals surface area contributed by atoms with Crippen molar-refractivity contribution in [3.05, 3.63) is 0 Å². The molecule has 0 aliphatic rings. The summed E-state index contributed by atoms with van der Waals surface area (Å²) in [6, 6.07) is 0. The lowest BCUT2D eigenvalue weighted by Gasteiger charge is -1.75. The van der Waals surface area contributed by atoms with E-state index in [9.17, 15) is 4.57 Å². The Morgan fingerprint density at radius 1 is 1.60 bits per heavy atom. The lowest BCUT2D eigenvalue weighted by Crippen LogP contribution is -1.73. The second-order valence-electron chi connectivity index (χ2n) is 1.51. The number of unbranched alkanes of at least 4 members (excludes halogenated alkanes) is 1. The van der Waals surface area contributed by atoms with Crippen molar-refractivity contribution < 1.29 is 18.9 Å². The molecule has 0 radical (unpaired) electrons. The summed E-state index contributed by atoms with van der Waals surface area (Å²) in [5.74, 6) is 0. The zero-order valence-corrected chi connectivity index (χ0v) is 7.52. The summed E-state index contributed by atoms with van der Waals surface area (Å²) in [6.07, 6.45) is 2.33. The monoisotopic (exact) mass is 185 g/mol. The van der Waals surface area contributed by atoms with E-state index >= 15 is 0 Å². The van der Waals surface area contributed by atoms with Crippen molar-refractivity contribution in [2.24, 2.45) is 0 Å². The second kappa shape index (κ2) is 11.9. The fraction of sp³-hybridized carbons (Fsp3) is 1.00. The van der Waals surface area contributed by atoms with Gasteiger partial charge in [-0.1, -0.05) is 13.3 Å². The highest BCUT2D eigenvalue weighted by atomic mass is 31.1. The Bertz CT molecular complexity index is 95.3. The van der Waals surface area contributed by atoms with Crippen LogP contribution in [0.4, 0.5) is 0 Å². The number of hydrogen-bond acceptors (Lipinski definition) is 2. The summed E-state index contributed by atoms with van der Waals surface area (Å²) in [4.78, 5) is 15.2. The van der Waals surface area contributed by atoms with Gasteiger partial charge in [-0.05, 0) is 11.0 Å². The first-order chi connectivity index (χ1) is 4.68. The van der Waals surface area contributed by atoms with Crippen LogP contribution in [-0.4, -0.2) is 15.9 Å². The van der Waals surface area contributed by atoms with Crippen LogP contribution in [0.1, 0.15) is 19.8 Å². The van der Waals surface area contributed by atoms with E-state index in [1.807, 2.05) is 6.92 Å². The molecule has 0 saturated carbocycles. The lowest BCUT2D eigenvalue weighted by atomic mass is 10.4. The van der Waals surface area contributed by atoms with Gasteiger partial charge in [0.25, 0.3) is 0 Å². The number of hydrogen-bond donors (Lipinski definition) is 2. The Balaban J connectivity index is 0. The van der Waals surface area contributed by atoms with Crippen LogP contribution in [0.2, 0.25) is 0 Å². The van der Waals surface area contributed by atoms with Gasteiger partial charge in [0, 0.05) is 0 Å². The van der Waals surface area contributed by atoms with Gasteiger partial charge < -0.3 is 4.89 Å². The van der Waals surface area contributed by atoms with Crippen LogP contribution in [0.15, 0.2) is 0 Å². The summed E-state index contributed by atoms with van der Waals surface area (Å²) < 4.78 is 18.4. The average molecular weight is 185 g/mol. The predicted molar refractivity (Wildman–Crippen MR) is 39.4 cm³/mol. The fourth-order valence-electron chi connectivity index (χ4n) is 0.293. The third-order valence-electron chi connectivity index (χ3n) is 0.703. The van der Waals surface area contributed by atoms with Gasteiger partial charge in [-0.15, -0.1) is 0 Å². The molecule has 0 rings (SSSR count). The van der Waals surface area contributed by atoms with Crippen molar-refractivity contribution in [3.63, 3.8) is 0 Å². The van der Waals surface area contributed by atoms with Gasteiger partial charge in [0.2, 0.25) is 0 Å². The molecule has 1 unspecified atom stereocenters. The smallest absolute Gasteiger partial charge is 0.310 e. The Morgan fingerprint density at radius 3 is 2.10 bits per heavy atom. The van der Waals surface area contributed by atoms with E-state index in [-0.39, 0.29) is 0 Å². The van der Waals surface area contributed by atoms with Crippen molar-refractivity contribution in [1.82, 2.24) is 0 Å². The summed E-state index contributed by atoms with van der Waals surface area (Å²) in [5, 5.41) is 0. The predicted octanol–water partition coefficient (Wildman–Crippen LogP) is 1.71. The van der Waals surface area contributed by atoms with Gasteiger partial charge >= 0.3 is 16.7 Å². The molecular weight excluding hydrogens is 174 g/mol. The minimum Gasteiger partial charge on any atom is -0.310 e. The quantitative estimate of drug-likeness (QED) is 0.656. The van der Waals surface area contributed by atoms with Gasteiger partial charge in [0.1, 0.15) is 0 Å². The van der Waals surface area contributed by atoms with Crippen LogP contribution in [0, 0.1) is 0 Å². The molecule has 0 spiro atoms. The van der Waals surface area contributed by atoms with Crippen LogP contribution in [0.25, 0.3) is 0 Å². The Kier molecular flexibility index (Phi) is 15.1. The minimum absolute atomic E-state index is 0.464. The van der Waals surface area contributed by atoms with E-state index in [4.69, 9.17) is 14.4 Å². The Morgan fingerprint density at radius 2 is 2.00 bits per heavy atom. The summed E-state index contributed by atoms with van der Waals surface area (Å²) in [5.41, 5.74) is 0. The standard InChI is InChI=1S/C4H9O2P.HO2P/c1-2-3-4-7(5)6;1-3-2/h2-4H2,1H3;(H,1,2)/p+1. The SMILES string of the molecule is CCCC[P+](=O)O.O=PO. The van der Waals surface area contributed by atoms with Crippen LogP contribution in [-0.2, 0) is 9.13 Å². The maximum Gasteiger partial charge on any atom is 0.505 e. The summed E-state index contributed by atoms with van der Waals surface area (Å²) >= 11 is 0. The average Bonchev–Trinajstić information content (AvgIpc) is 1.85. The first-order valence-corrected chi connectivity index (χ1v) is 4.95. The molecule has 0 fully saturated rings. The van der Waals surface area contributed by atoms with Gasteiger partial charge in [-0.25, -0.2) is 4.57 Å². The van der Waals surface area contributed by atoms with Gasteiger partial charge in [-0.2, -0.15) is 4.89 Å². The maximum atomic E-state index is 9.91. The van der Waals surface area contributed by atoms with E-state index in [2.05, 4.69) is 0 Å². The van der Waals surface area contributed by atoms with Crippen molar-refractivity contribution in [2.45, 2.75) is 19.8 Å². The second-order valence-corrected chi connectivity index (χ2v) is 2.83. The van der Waals surface area contributed by atoms with Gasteiger partial charge in [0.15, 0.2) is 6.16 Å². The molecule has 0 amide bonds. The summed E-state index contributed by atoms with van der Waals surface area (Å²) in [7, 11) is -2.69. The largest absolute Gasteiger partial charge is 0.505 e. The van der Waals surface area contributed by atoms with Crippen molar-refractivity contribution in [2.75, 3.05) is 6.16 Å². The van der Waals surface area contributed by atoms with E-state index in [0.29, 0.717) is 6.16 Å². The molecule has 10 heavy (non-hydrogen) atoms. The topological polar surface area (TPSA) is 74.6 Å². The molecule has 0 saturated heterocycles. The highest BCUT2D eigenvalue weighted by molar-refractivity contribution is 7.37. The van der Waals surface area contributed by atoms with Gasteiger partial charge in [-0.3, -0.25) is 0 Å². The van der Waals surface area contributed by atoms with Crippen molar-refractivity contribution in [3.8, 4) is 0 Å². The maximum absolute atomic E-state index is 9.91. The summed E-state index contributed by atoms with van der Waals surface area (Å²) in [6.45, 7) is 2.00. The molecule has 0 heterocycles. The molecule has 6 heteroatoms. The molecule has 0 aliphatic carbocycles. The molecule has 0 aromatic heterocycles. The number of rotatable bonds is 3. The molecule has 4 nitrogen and oxygen atoms in total. The molecule has 0 aliphatic heterocycles. The zero-order chi connectivity index (χ0) is 8.41.